The highest BCUT2D eigenvalue weighted by Gasteiger charge is 2.37. The Morgan fingerprint density at radius 2 is 1.92 bits per heavy atom. The Balaban J connectivity index is 4.91. The standard InChI is InChI=1S/C9H12N2O/c1-4-9(3,7(2)12)8(5-10)6-11/h8H,4H2,1-3H3. The predicted octanol–water partition coefficient (Wildman–Crippen LogP) is 1.66. The van der Waals surface area contributed by atoms with E-state index in [4.69, 9.17) is 10.5 Å². The summed E-state index contributed by atoms with van der Waals surface area (Å²) in [5, 5.41) is 17.2. The Kier molecular flexibility index (Phi) is 3.44. The second kappa shape index (κ2) is 3.88. The van der Waals surface area contributed by atoms with Crippen molar-refractivity contribution in [2.45, 2.75) is 27.2 Å². The van der Waals surface area contributed by atoms with Gasteiger partial charge in [-0.15, -0.1) is 0 Å². The van der Waals surface area contributed by atoms with E-state index in [1.165, 1.54) is 6.92 Å². The van der Waals surface area contributed by atoms with Crippen LogP contribution in [0.15, 0.2) is 0 Å². The van der Waals surface area contributed by atoms with E-state index in [0.717, 1.165) is 0 Å². The fourth-order valence-electron chi connectivity index (χ4n) is 0.970. The Bertz CT molecular complexity index is 245. The van der Waals surface area contributed by atoms with Crippen molar-refractivity contribution in [1.82, 2.24) is 0 Å². The molecule has 0 rings (SSSR count). The van der Waals surface area contributed by atoms with E-state index in [2.05, 4.69) is 0 Å². The molecule has 1 atom stereocenters. The first-order valence-electron chi connectivity index (χ1n) is 3.83. The molecule has 0 fully saturated rings. The minimum atomic E-state index is -0.833. The van der Waals surface area contributed by atoms with Crippen LogP contribution in [0.25, 0.3) is 0 Å². The van der Waals surface area contributed by atoms with E-state index in [0.29, 0.717) is 6.42 Å². The van der Waals surface area contributed by atoms with E-state index in [1.54, 1.807) is 6.92 Å². The number of hydrogen-bond acceptors (Lipinski definition) is 3. The third-order valence-corrected chi connectivity index (χ3v) is 2.43. The van der Waals surface area contributed by atoms with Gasteiger partial charge >= 0.3 is 0 Å². The van der Waals surface area contributed by atoms with Crippen molar-refractivity contribution in [3.8, 4) is 12.1 Å². The van der Waals surface area contributed by atoms with Gasteiger partial charge in [-0.3, -0.25) is 4.79 Å². The highest BCUT2D eigenvalue weighted by Crippen LogP contribution is 2.31. The van der Waals surface area contributed by atoms with E-state index in [9.17, 15) is 4.79 Å². The fraction of sp³-hybridized carbons (Fsp3) is 0.667. The molecule has 3 heteroatoms. The molecule has 0 radical (unpaired) electrons. The van der Waals surface area contributed by atoms with E-state index in [1.807, 2.05) is 19.1 Å². The first-order chi connectivity index (χ1) is 5.52. The molecule has 0 aromatic carbocycles. The summed E-state index contributed by atoms with van der Waals surface area (Å²) in [5.74, 6) is -0.932. The molecule has 0 aliphatic carbocycles. The number of rotatable bonds is 3. The van der Waals surface area contributed by atoms with Gasteiger partial charge in [0.05, 0.1) is 17.6 Å². The summed E-state index contributed by atoms with van der Waals surface area (Å²) < 4.78 is 0. The second-order valence-corrected chi connectivity index (χ2v) is 3.02. The maximum atomic E-state index is 11.2. The van der Waals surface area contributed by atoms with Crippen LogP contribution in [0.1, 0.15) is 27.2 Å². The van der Waals surface area contributed by atoms with Gasteiger partial charge in [-0.05, 0) is 13.3 Å². The molecular formula is C9H12N2O. The lowest BCUT2D eigenvalue weighted by molar-refractivity contribution is -0.126. The van der Waals surface area contributed by atoms with Gasteiger partial charge in [0.25, 0.3) is 0 Å². The molecule has 12 heavy (non-hydrogen) atoms. The molecule has 1 unspecified atom stereocenters. The molecule has 64 valence electrons. The average Bonchev–Trinajstić information content (AvgIpc) is 2.05. The highest BCUT2D eigenvalue weighted by molar-refractivity contribution is 5.83. The molecule has 0 aliphatic heterocycles. The summed E-state index contributed by atoms with van der Waals surface area (Å²) in [6.07, 6.45) is 0.522. The van der Waals surface area contributed by atoms with Gasteiger partial charge in [0.2, 0.25) is 0 Å². The third-order valence-electron chi connectivity index (χ3n) is 2.43. The van der Waals surface area contributed by atoms with Gasteiger partial charge < -0.3 is 0 Å². The number of nitrogens with zero attached hydrogens (tertiary/aromatic N) is 2. The molecule has 0 saturated heterocycles. The number of nitriles is 2. The third kappa shape index (κ3) is 1.62. The first kappa shape index (κ1) is 10.7. The monoisotopic (exact) mass is 164 g/mol. The summed E-state index contributed by atoms with van der Waals surface area (Å²) >= 11 is 0. The molecule has 0 bridgehead atoms. The van der Waals surface area contributed by atoms with E-state index in [-0.39, 0.29) is 5.78 Å². The van der Waals surface area contributed by atoms with Gasteiger partial charge in [-0.25, -0.2) is 0 Å². The van der Waals surface area contributed by atoms with Crippen molar-refractivity contribution in [1.29, 1.82) is 10.5 Å². The highest BCUT2D eigenvalue weighted by atomic mass is 16.1. The summed E-state index contributed by atoms with van der Waals surface area (Å²) in [6.45, 7) is 4.89. The number of ketones is 1. The maximum absolute atomic E-state index is 11.2. The average molecular weight is 164 g/mol. The number of Topliss-reactive ketones (excluding diaryl/α,β-unsaturated/α-hetero) is 1. The summed E-state index contributed by atoms with van der Waals surface area (Å²) in [7, 11) is 0. The van der Waals surface area contributed by atoms with Crippen LogP contribution in [0.4, 0.5) is 0 Å². The van der Waals surface area contributed by atoms with Crippen molar-refractivity contribution >= 4 is 5.78 Å². The zero-order valence-corrected chi connectivity index (χ0v) is 7.59. The van der Waals surface area contributed by atoms with Crippen LogP contribution >= 0.6 is 0 Å². The first-order valence-corrected chi connectivity index (χ1v) is 3.83. The van der Waals surface area contributed by atoms with E-state index < -0.39 is 11.3 Å². The zero-order valence-electron chi connectivity index (χ0n) is 7.59. The minimum Gasteiger partial charge on any atom is -0.299 e. The smallest absolute Gasteiger partial charge is 0.145 e. The summed E-state index contributed by atoms with van der Waals surface area (Å²) in [5.41, 5.74) is -0.802. The van der Waals surface area contributed by atoms with Gasteiger partial charge in [0.1, 0.15) is 11.7 Å². The van der Waals surface area contributed by atoms with Crippen LogP contribution in [0.3, 0.4) is 0 Å². The second-order valence-electron chi connectivity index (χ2n) is 3.02. The normalized spacial score (nSPS) is 14.5. The Morgan fingerprint density at radius 3 is 2.00 bits per heavy atom. The van der Waals surface area contributed by atoms with Crippen LogP contribution in [-0.4, -0.2) is 5.78 Å². The predicted molar refractivity (Wildman–Crippen MR) is 43.8 cm³/mol. The molecular weight excluding hydrogens is 152 g/mol. The maximum Gasteiger partial charge on any atom is 0.145 e. The van der Waals surface area contributed by atoms with E-state index >= 15 is 0 Å². The molecule has 3 nitrogen and oxygen atoms in total. The lowest BCUT2D eigenvalue weighted by Crippen LogP contribution is -2.32. The molecule has 0 aliphatic rings. The Labute approximate surface area is 72.6 Å². The van der Waals surface area contributed by atoms with Crippen LogP contribution in [0.2, 0.25) is 0 Å². The molecule has 0 amide bonds. The SMILES string of the molecule is CCC(C)(C(C)=O)C(C#N)C#N. The van der Waals surface area contributed by atoms with Crippen molar-refractivity contribution in [3.63, 3.8) is 0 Å². The molecule has 0 saturated carbocycles. The quantitative estimate of drug-likeness (QED) is 0.637. The largest absolute Gasteiger partial charge is 0.299 e. The van der Waals surface area contributed by atoms with Crippen molar-refractivity contribution < 1.29 is 4.79 Å². The number of carbonyl (C=O) groups is 1. The van der Waals surface area contributed by atoms with Crippen molar-refractivity contribution in [2.75, 3.05) is 0 Å². The molecule has 0 heterocycles. The summed E-state index contributed by atoms with van der Waals surface area (Å²) in [6, 6.07) is 3.69. The molecule has 0 aromatic heterocycles. The van der Waals surface area contributed by atoms with Crippen molar-refractivity contribution in [3.05, 3.63) is 0 Å². The van der Waals surface area contributed by atoms with Crippen LogP contribution in [-0.2, 0) is 4.79 Å². The Morgan fingerprint density at radius 1 is 1.50 bits per heavy atom. The number of carbonyl (C=O) groups excluding carboxylic acids is 1. The fourth-order valence-corrected chi connectivity index (χ4v) is 0.970. The lowest BCUT2D eigenvalue weighted by Gasteiger charge is -2.25. The summed E-state index contributed by atoms with van der Waals surface area (Å²) in [4.78, 5) is 11.2. The minimum absolute atomic E-state index is 0.0990. The molecule has 0 N–H and O–H groups in total. The van der Waals surface area contributed by atoms with Crippen LogP contribution in [0, 0.1) is 34.0 Å². The van der Waals surface area contributed by atoms with Gasteiger partial charge in [0, 0.05) is 0 Å². The van der Waals surface area contributed by atoms with Gasteiger partial charge in [-0.1, -0.05) is 13.8 Å². The van der Waals surface area contributed by atoms with Crippen LogP contribution in [0.5, 0.6) is 0 Å². The topological polar surface area (TPSA) is 64.7 Å². The van der Waals surface area contributed by atoms with Gasteiger partial charge in [0.15, 0.2) is 0 Å². The Hall–Kier alpha value is -1.35. The lowest BCUT2D eigenvalue weighted by atomic mass is 9.73. The van der Waals surface area contributed by atoms with Crippen LogP contribution < -0.4 is 0 Å². The number of hydrogen-bond donors (Lipinski definition) is 0. The molecule has 0 aromatic rings. The van der Waals surface area contributed by atoms with Gasteiger partial charge in [-0.2, -0.15) is 10.5 Å². The molecule has 0 spiro atoms. The van der Waals surface area contributed by atoms with Crippen molar-refractivity contribution in [2.24, 2.45) is 11.3 Å². The zero-order chi connectivity index (χ0) is 9.78.